The number of rotatable bonds is 4. The van der Waals surface area contributed by atoms with E-state index in [-0.39, 0.29) is 6.42 Å². The molecule has 2 heterocycles. The Balaban J connectivity index is 2.19. The fourth-order valence-electron chi connectivity index (χ4n) is 1.64. The van der Waals surface area contributed by atoms with Crippen LogP contribution < -0.4 is 0 Å². The first kappa shape index (κ1) is 10.5. The normalized spacial score (nSPS) is 10.6. The molecule has 0 saturated carbocycles. The number of hydrogen-bond donors (Lipinski definition) is 2. The van der Waals surface area contributed by atoms with E-state index in [2.05, 4.69) is 10.1 Å². The number of carboxylic acids is 1. The Morgan fingerprint density at radius 3 is 3.06 bits per heavy atom. The molecule has 0 atom stereocenters. The van der Waals surface area contributed by atoms with E-state index in [9.17, 15) is 4.79 Å². The highest BCUT2D eigenvalue weighted by Gasteiger charge is 2.08. The van der Waals surface area contributed by atoms with Crippen molar-refractivity contribution < 1.29 is 9.90 Å². The van der Waals surface area contributed by atoms with Crippen molar-refractivity contribution in [3.8, 4) is 11.3 Å². The monoisotopic (exact) mass is 219 g/mol. The standard InChI is InChI=1S/C11H13N3O2/c1-14-10(8-4-5-12-7-8)6-9(13-14)2-3-11(15)16/h4-7,12H,2-3H2,1H3,(H,15,16). The van der Waals surface area contributed by atoms with E-state index >= 15 is 0 Å². The second kappa shape index (κ2) is 4.22. The zero-order valence-corrected chi connectivity index (χ0v) is 8.97. The summed E-state index contributed by atoms with van der Waals surface area (Å²) in [5, 5.41) is 12.9. The summed E-state index contributed by atoms with van der Waals surface area (Å²) in [7, 11) is 1.85. The fourth-order valence-corrected chi connectivity index (χ4v) is 1.64. The third-order valence-corrected chi connectivity index (χ3v) is 2.42. The molecule has 0 amide bonds. The zero-order chi connectivity index (χ0) is 11.5. The quantitative estimate of drug-likeness (QED) is 0.817. The van der Waals surface area contributed by atoms with Crippen LogP contribution in [0.1, 0.15) is 12.1 Å². The van der Waals surface area contributed by atoms with Crippen molar-refractivity contribution in [1.29, 1.82) is 0 Å². The number of aromatic nitrogens is 3. The lowest BCUT2D eigenvalue weighted by Gasteiger charge is -1.95. The van der Waals surface area contributed by atoms with Gasteiger partial charge in [-0.05, 0) is 12.1 Å². The number of aliphatic carboxylic acids is 1. The van der Waals surface area contributed by atoms with Crippen molar-refractivity contribution in [2.45, 2.75) is 12.8 Å². The van der Waals surface area contributed by atoms with Gasteiger partial charge >= 0.3 is 5.97 Å². The van der Waals surface area contributed by atoms with Crippen molar-refractivity contribution >= 4 is 5.97 Å². The minimum absolute atomic E-state index is 0.115. The molecule has 16 heavy (non-hydrogen) atoms. The summed E-state index contributed by atoms with van der Waals surface area (Å²) in [6, 6.07) is 3.88. The van der Waals surface area contributed by atoms with E-state index in [4.69, 9.17) is 5.11 Å². The lowest BCUT2D eigenvalue weighted by atomic mass is 10.2. The van der Waals surface area contributed by atoms with Crippen molar-refractivity contribution in [3.63, 3.8) is 0 Å². The summed E-state index contributed by atoms with van der Waals surface area (Å²) in [5.74, 6) is -0.797. The van der Waals surface area contributed by atoms with Gasteiger partial charge in [-0.2, -0.15) is 5.10 Å². The van der Waals surface area contributed by atoms with Gasteiger partial charge in [-0.15, -0.1) is 0 Å². The Morgan fingerprint density at radius 2 is 2.44 bits per heavy atom. The highest BCUT2D eigenvalue weighted by Crippen LogP contribution is 2.19. The summed E-state index contributed by atoms with van der Waals surface area (Å²) in [6.45, 7) is 0. The molecule has 0 radical (unpaired) electrons. The number of nitrogens with one attached hydrogen (secondary N) is 1. The minimum Gasteiger partial charge on any atom is -0.481 e. The van der Waals surface area contributed by atoms with Crippen molar-refractivity contribution in [2.24, 2.45) is 7.05 Å². The van der Waals surface area contributed by atoms with Gasteiger partial charge in [0.15, 0.2) is 0 Å². The van der Waals surface area contributed by atoms with Crippen LogP contribution in [0.5, 0.6) is 0 Å². The molecule has 0 aliphatic rings. The van der Waals surface area contributed by atoms with Gasteiger partial charge in [-0.3, -0.25) is 9.48 Å². The largest absolute Gasteiger partial charge is 0.481 e. The molecule has 2 N–H and O–H groups in total. The smallest absolute Gasteiger partial charge is 0.303 e. The van der Waals surface area contributed by atoms with Gasteiger partial charge in [-0.25, -0.2) is 0 Å². The van der Waals surface area contributed by atoms with E-state index in [1.807, 2.05) is 31.6 Å². The van der Waals surface area contributed by atoms with E-state index in [1.165, 1.54) is 0 Å². The highest BCUT2D eigenvalue weighted by atomic mass is 16.4. The first-order valence-corrected chi connectivity index (χ1v) is 5.04. The van der Waals surface area contributed by atoms with Crippen LogP contribution in [0.3, 0.4) is 0 Å². The number of carbonyl (C=O) groups is 1. The van der Waals surface area contributed by atoms with Crippen molar-refractivity contribution in [3.05, 3.63) is 30.2 Å². The van der Waals surface area contributed by atoms with Crippen LogP contribution in [0.25, 0.3) is 11.3 Å². The van der Waals surface area contributed by atoms with Crippen LogP contribution in [-0.2, 0) is 18.3 Å². The molecule has 0 fully saturated rings. The van der Waals surface area contributed by atoms with E-state index < -0.39 is 5.97 Å². The number of aromatic amines is 1. The lowest BCUT2D eigenvalue weighted by Crippen LogP contribution is -1.99. The Kier molecular flexibility index (Phi) is 2.76. The Labute approximate surface area is 92.7 Å². The van der Waals surface area contributed by atoms with Gasteiger partial charge in [0.25, 0.3) is 0 Å². The number of H-pyrrole nitrogens is 1. The van der Waals surface area contributed by atoms with Crippen LogP contribution in [0.2, 0.25) is 0 Å². The second-order valence-electron chi connectivity index (χ2n) is 3.64. The molecule has 5 nitrogen and oxygen atoms in total. The zero-order valence-electron chi connectivity index (χ0n) is 8.97. The minimum atomic E-state index is -0.797. The fraction of sp³-hybridized carbons (Fsp3) is 0.273. The van der Waals surface area contributed by atoms with Gasteiger partial charge in [0, 0.05) is 31.4 Å². The van der Waals surface area contributed by atoms with Gasteiger partial charge in [0.2, 0.25) is 0 Å². The van der Waals surface area contributed by atoms with Crippen molar-refractivity contribution in [1.82, 2.24) is 14.8 Å². The summed E-state index contributed by atoms with van der Waals surface area (Å²) >= 11 is 0. The maximum absolute atomic E-state index is 10.5. The molecule has 0 unspecified atom stereocenters. The molecule has 2 aromatic heterocycles. The number of carboxylic acid groups (broad SMARTS) is 1. The first-order valence-electron chi connectivity index (χ1n) is 5.04. The molecule has 0 aliphatic heterocycles. The van der Waals surface area contributed by atoms with E-state index in [0.717, 1.165) is 17.0 Å². The molecule has 84 valence electrons. The number of hydrogen-bond acceptors (Lipinski definition) is 2. The Morgan fingerprint density at radius 1 is 1.62 bits per heavy atom. The predicted molar refractivity (Wildman–Crippen MR) is 59.0 cm³/mol. The van der Waals surface area contributed by atoms with Crippen LogP contribution in [0, 0.1) is 0 Å². The molecule has 2 rings (SSSR count). The molecule has 0 aromatic carbocycles. The Bertz CT molecular complexity index is 485. The average Bonchev–Trinajstić information content (AvgIpc) is 2.83. The molecular formula is C11H13N3O2. The highest BCUT2D eigenvalue weighted by molar-refractivity contribution is 5.67. The summed E-state index contributed by atoms with van der Waals surface area (Å²) in [4.78, 5) is 13.4. The maximum Gasteiger partial charge on any atom is 0.303 e. The van der Waals surface area contributed by atoms with Gasteiger partial charge < -0.3 is 10.1 Å². The molecule has 0 bridgehead atoms. The second-order valence-corrected chi connectivity index (χ2v) is 3.64. The number of aryl methyl sites for hydroxylation is 2. The van der Waals surface area contributed by atoms with Gasteiger partial charge in [-0.1, -0.05) is 0 Å². The molecule has 0 spiro atoms. The molecule has 2 aromatic rings. The molecule has 5 heteroatoms. The van der Waals surface area contributed by atoms with Gasteiger partial charge in [0.1, 0.15) is 0 Å². The summed E-state index contributed by atoms with van der Waals surface area (Å²) in [6.07, 6.45) is 4.31. The van der Waals surface area contributed by atoms with E-state index in [0.29, 0.717) is 6.42 Å². The lowest BCUT2D eigenvalue weighted by molar-refractivity contribution is -0.136. The third-order valence-electron chi connectivity index (χ3n) is 2.42. The van der Waals surface area contributed by atoms with Gasteiger partial charge in [0.05, 0.1) is 17.8 Å². The SMILES string of the molecule is Cn1nc(CCC(=O)O)cc1-c1cc[nH]c1. The molecule has 0 saturated heterocycles. The molecular weight excluding hydrogens is 206 g/mol. The van der Waals surface area contributed by atoms with E-state index in [1.54, 1.807) is 4.68 Å². The maximum atomic E-state index is 10.5. The van der Waals surface area contributed by atoms with Crippen LogP contribution in [-0.4, -0.2) is 25.8 Å². The third kappa shape index (κ3) is 2.13. The van der Waals surface area contributed by atoms with Crippen LogP contribution >= 0.6 is 0 Å². The first-order chi connectivity index (χ1) is 7.66. The van der Waals surface area contributed by atoms with Crippen LogP contribution in [0.4, 0.5) is 0 Å². The number of nitrogens with zero attached hydrogens (tertiary/aromatic N) is 2. The topological polar surface area (TPSA) is 70.9 Å². The summed E-state index contributed by atoms with van der Waals surface area (Å²) in [5.41, 5.74) is 2.85. The Hall–Kier alpha value is -2.04. The summed E-state index contributed by atoms with van der Waals surface area (Å²) < 4.78 is 1.76. The van der Waals surface area contributed by atoms with Crippen LogP contribution in [0.15, 0.2) is 24.5 Å². The molecule has 0 aliphatic carbocycles. The predicted octanol–water partition coefficient (Wildman–Crippen LogP) is 1.43. The van der Waals surface area contributed by atoms with Crippen molar-refractivity contribution in [2.75, 3.05) is 0 Å². The average molecular weight is 219 g/mol.